The number of fused-ring (bicyclic) bond motifs is 1. The first-order valence-electron chi connectivity index (χ1n) is 9.01. The van der Waals surface area contributed by atoms with Gasteiger partial charge in [-0.05, 0) is 29.8 Å². The van der Waals surface area contributed by atoms with Crippen LogP contribution in [0.3, 0.4) is 0 Å². The van der Waals surface area contributed by atoms with Gasteiger partial charge < -0.3 is 35.3 Å². The number of aromatic nitrogens is 2. The van der Waals surface area contributed by atoms with Crippen LogP contribution in [0.25, 0.3) is 11.4 Å². The normalized spacial score (nSPS) is 11.7. The molecule has 0 atom stereocenters. The van der Waals surface area contributed by atoms with Crippen molar-refractivity contribution in [2.75, 3.05) is 12.1 Å². The highest BCUT2D eigenvalue weighted by molar-refractivity contribution is 5.94. The molecule has 0 saturated carbocycles. The molecule has 0 radical (unpaired) electrons. The summed E-state index contributed by atoms with van der Waals surface area (Å²) in [6.07, 6.45) is 0. The summed E-state index contributed by atoms with van der Waals surface area (Å²) in [5.74, 6) is -1.44. The quantitative estimate of drug-likeness (QED) is 0.415. The van der Waals surface area contributed by atoms with E-state index in [2.05, 4.69) is 20.6 Å². The first-order chi connectivity index (χ1) is 14.9. The Bertz CT molecular complexity index is 1240. The minimum absolute atomic E-state index is 0.119. The van der Waals surface area contributed by atoms with Gasteiger partial charge in [0.1, 0.15) is 5.82 Å². The molecule has 0 fully saturated rings. The Morgan fingerprint density at radius 2 is 1.90 bits per heavy atom. The summed E-state index contributed by atoms with van der Waals surface area (Å²) in [6, 6.07) is 11.1. The third kappa shape index (κ3) is 4.10. The molecule has 5 N–H and O–H groups in total. The Labute approximate surface area is 174 Å². The summed E-state index contributed by atoms with van der Waals surface area (Å²) < 4.78 is 10.6. The molecule has 0 aliphatic carbocycles. The lowest BCUT2D eigenvalue weighted by molar-refractivity contribution is 0.0686. The summed E-state index contributed by atoms with van der Waals surface area (Å²) >= 11 is 0. The predicted octanol–water partition coefficient (Wildman–Crippen LogP) is 1.89. The maximum Gasteiger partial charge on any atom is 0.358 e. The van der Waals surface area contributed by atoms with Crippen LogP contribution in [0.5, 0.6) is 17.2 Å². The van der Waals surface area contributed by atoms with E-state index in [1.807, 2.05) is 0 Å². The second kappa shape index (κ2) is 8.06. The smallest absolute Gasteiger partial charge is 0.358 e. The molecule has 0 bridgehead atoms. The number of H-pyrrole nitrogens is 1. The summed E-state index contributed by atoms with van der Waals surface area (Å²) in [4.78, 5) is 41.6. The molecule has 0 unspecified atom stereocenters. The van der Waals surface area contributed by atoms with Crippen LogP contribution < -0.4 is 25.7 Å². The molecule has 11 heteroatoms. The zero-order chi connectivity index (χ0) is 22.0. The van der Waals surface area contributed by atoms with Crippen molar-refractivity contribution in [1.82, 2.24) is 15.3 Å². The zero-order valence-corrected chi connectivity index (χ0v) is 15.8. The number of carboxylic acid groups (broad SMARTS) is 1. The summed E-state index contributed by atoms with van der Waals surface area (Å²) in [7, 11) is 0. The molecule has 3 aromatic rings. The molecule has 4 rings (SSSR count). The number of benzene rings is 2. The van der Waals surface area contributed by atoms with Crippen molar-refractivity contribution < 1.29 is 29.3 Å². The van der Waals surface area contributed by atoms with Gasteiger partial charge in [-0.2, -0.15) is 0 Å². The van der Waals surface area contributed by atoms with Crippen LogP contribution in [-0.4, -0.2) is 39.0 Å². The van der Waals surface area contributed by atoms with Crippen LogP contribution in [0.1, 0.15) is 16.1 Å². The second-order valence-electron chi connectivity index (χ2n) is 6.46. The third-order valence-corrected chi connectivity index (χ3v) is 4.42. The highest BCUT2D eigenvalue weighted by atomic mass is 16.7. The van der Waals surface area contributed by atoms with E-state index in [4.69, 9.17) is 14.6 Å². The van der Waals surface area contributed by atoms with Gasteiger partial charge in [-0.15, -0.1) is 0 Å². The number of anilines is 1. The lowest BCUT2D eigenvalue weighted by Crippen LogP contribution is -2.28. The molecular formula is C20H16N4O7. The van der Waals surface area contributed by atoms with Gasteiger partial charge in [-0.1, -0.05) is 18.2 Å². The fraction of sp³-hybridized carbons (Fsp3) is 0.100. The van der Waals surface area contributed by atoms with E-state index in [9.17, 15) is 19.5 Å². The van der Waals surface area contributed by atoms with Crippen LogP contribution in [0.4, 0.5) is 10.5 Å². The Morgan fingerprint density at radius 1 is 1.13 bits per heavy atom. The standard InChI is InChI=1S/C20H16N4O7/c25-16-15(19(27)28)23-17(24-18(16)26)11-3-1-2-4-12(11)22-20(29)21-8-10-5-6-13-14(7-10)31-9-30-13/h1-7,25H,8-9H2,(H,27,28)(H2,21,22,29)(H,23,24,26). The first-order valence-corrected chi connectivity index (χ1v) is 9.01. The van der Waals surface area contributed by atoms with Gasteiger partial charge in [0.05, 0.1) is 5.69 Å². The van der Waals surface area contributed by atoms with E-state index >= 15 is 0 Å². The van der Waals surface area contributed by atoms with Crippen molar-refractivity contribution in [2.24, 2.45) is 0 Å². The largest absolute Gasteiger partial charge is 0.501 e. The number of amides is 2. The number of urea groups is 1. The zero-order valence-electron chi connectivity index (χ0n) is 15.8. The fourth-order valence-electron chi connectivity index (χ4n) is 2.94. The maximum absolute atomic E-state index is 12.4. The van der Waals surface area contributed by atoms with E-state index in [1.165, 1.54) is 6.07 Å². The predicted molar refractivity (Wildman–Crippen MR) is 107 cm³/mol. The lowest BCUT2D eigenvalue weighted by Gasteiger charge is -2.12. The van der Waals surface area contributed by atoms with E-state index in [1.54, 1.807) is 36.4 Å². The molecule has 2 amide bonds. The second-order valence-corrected chi connectivity index (χ2v) is 6.46. The topological polar surface area (TPSA) is 163 Å². The number of hydrogen-bond acceptors (Lipinski definition) is 7. The Kier molecular flexibility index (Phi) is 5.14. The summed E-state index contributed by atoms with van der Waals surface area (Å²) in [5.41, 5.74) is -0.468. The number of carbonyl (C=O) groups excluding carboxylic acids is 1. The molecule has 11 nitrogen and oxygen atoms in total. The number of carbonyl (C=O) groups is 2. The number of para-hydroxylation sites is 1. The van der Waals surface area contributed by atoms with Crippen molar-refractivity contribution in [3.8, 4) is 28.6 Å². The van der Waals surface area contributed by atoms with Crippen molar-refractivity contribution in [3.05, 3.63) is 64.1 Å². The highest BCUT2D eigenvalue weighted by Crippen LogP contribution is 2.32. The van der Waals surface area contributed by atoms with Crippen molar-refractivity contribution in [1.29, 1.82) is 0 Å². The number of aromatic hydroxyl groups is 1. The molecule has 0 spiro atoms. The number of aromatic amines is 1. The van der Waals surface area contributed by atoms with Gasteiger partial charge in [0.2, 0.25) is 12.5 Å². The van der Waals surface area contributed by atoms with E-state index in [-0.39, 0.29) is 30.4 Å². The lowest BCUT2D eigenvalue weighted by atomic mass is 10.1. The van der Waals surface area contributed by atoms with Crippen LogP contribution in [-0.2, 0) is 6.54 Å². The van der Waals surface area contributed by atoms with Gasteiger partial charge in [0.25, 0.3) is 5.56 Å². The highest BCUT2D eigenvalue weighted by Gasteiger charge is 2.19. The minimum atomic E-state index is -1.56. The van der Waals surface area contributed by atoms with Gasteiger partial charge in [0.15, 0.2) is 17.2 Å². The van der Waals surface area contributed by atoms with Gasteiger partial charge in [0, 0.05) is 12.1 Å². The number of nitrogens with one attached hydrogen (secondary N) is 3. The van der Waals surface area contributed by atoms with Crippen LogP contribution in [0, 0.1) is 0 Å². The van der Waals surface area contributed by atoms with E-state index in [0.29, 0.717) is 11.5 Å². The number of nitrogens with zero attached hydrogens (tertiary/aromatic N) is 1. The molecule has 1 aromatic heterocycles. The molecule has 0 saturated heterocycles. The Balaban J connectivity index is 1.52. The number of rotatable bonds is 5. The van der Waals surface area contributed by atoms with Gasteiger partial charge in [-0.3, -0.25) is 4.79 Å². The monoisotopic (exact) mass is 424 g/mol. The number of carboxylic acids is 1. The van der Waals surface area contributed by atoms with Crippen molar-refractivity contribution in [3.63, 3.8) is 0 Å². The van der Waals surface area contributed by atoms with Crippen LogP contribution in [0.2, 0.25) is 0 Å². The molecule has 2 aromatic carbocycles. The molecule has 158 valence electrons. The van der Waals surface area contributed by atoms with E-state index in [0.717, 1.165) is 5.56 Å². The SMILES string of the molecule is O=C(NCc1ccc2c(c1)OCO2)Nc1ccccc1-c1nc(C(=O)O)c(O)c(=O)[nH]1. The molecule has 1 aliphatic rings. The maximum atomic E-state index is 12.4. The van der Waals surface area contributed by atoms with Gasteiger partial charge in [-0.25, -0.2) is 14.6 Å². The van der Waals surface area contributed by atoms with Crippen molar-refractivity contribution >= 4 is 17.7 Å². The van der Waals surface area contributed by atoms with E-state index < -0.39 is 29.0 Å². The summed E-state index contributed by atoms with van der Waals surface area (Å²) in [6.45, 7) is 0.364. The fourth-order valence-corrected chi connectivity index (χ4v) is 2.94. The molecular weight excluding hydrogens is 408 g/mol. The Hall–Kier alpha value is -4.54. The average Bonchev–Trinajstić information content (AvgIpc) is 3.22. The number of aromatic carboxylic acids is 1. The minimum Gasteiger partial charge on any atom is -0.501 e. The van der Waals surface area contributed by atoms with Crippen molar-refractivity contribution in [2.45, 2.75) is 6.54 Å². The van der Waals surface area contributed by atoms with Crippen LogP contribution >= 0.6 is 0 Å². The average molecular weight is 424 g/mol. The molecule has 1 aliphatic heterocycles. The third-order valence-electron chi connectivity index (χ3n) is 4.42. The Morgan fingerprint density at radius 3 is 2.71 bits per heavy atom. The van der Waals surface area contributed by atoms with Crippen LogP contribution in [0.15, 0.2) is 47.3 Å². The number of ether oxygens (including phenoxy) is 2. The van der Waals surface area contributed by atoms with Gasteiger partial charge >= 0.3 is 12.0 Å². The number of hydrogen-bond donors (Lipinski definition) is 5. The molecule has 2 heterocycles. The summed E-state index contributed by atoms with van der Waals surface area (Å²) in [5, 5.41) is 24.1. The first kappa shape index (κ1) is 19.8. The molecule has 31 heavy (non-hydrogen) atoms.